The number of hydrogen-bond acceptors (Lipinski definition) is 4. The van der Waals surface area contributed by atoms with Gasteiger partial charge in [-0.15, -0.1) is 0 Å². The average Bonchev–Trinajstić information content (AvgIpc) is 2.25. The summed E-state index contributed by atoms with van der Waals surface area (Å²) in [5.74, 6) is 0.260. The van der Waals surface area contributed by atoms with Gasteiger partial charge >= 0.3 is 0 Å². The lowest BCUT2D eigenvalue weighted by Crippen LogP contribution is -2.65. The van der Waals surface area contributed by atoms with E-state index in [1.165, 1.54) is 0 Å². The summed E-state index contributed by atoms with van der Waals surface area (Å²) < 4.78 is 5.40. The van der Waals surface area contributed by atoms with Crippen molar-refractivity contribution in [3.8, 4) is 0 Å². The maximum Gasteiger partial charge on any atom is 0.234 e. The van der Waals surface area contributed by atoms with E-state index >= 15 is 0 Å². The lowest BCUT2D eigenvalue weighted by Gasteiger charge is -2.48. The molecule has 1 aliphatic rings. The van der Waals surface area contributed by atoms with Crippen LogP contribution >= 0.6 is 0 Å². The number of likely N-dealkylation sites (tertiary alicyclic amines) is 1. The monoisotopic (exact) mass is 272 g/mol. The summed E-state index contributed by atoms with van der Waals surface area (Å²) in [5, 5.41) is 12.9. The Balaban J connectivity index is 2.04. The second-order valence-electron chi connectivity index (χ2n) is 6.03. The number of nitrogens with one attached hydrogen (secondary N) is 1. The molecule has 0 atom stereocenters. The van der Waals surface area contributed by atoms with Crippen molar-refractivity contribution in [2.75, 3.05) is 32.8 Å². The van der Waals surface area contributed by atoms with Gasteiger partial charge in [0, 0.05) is 26.2 Å². The number of hydrogen-bond donors (Lipinski definition) is 2. The first-order valence-corrected chi connectivity index (χ1v) is 7.16. The Labute approximate surface area is 116 Å². The highest BCUT2D eigenvalue weighted by atomic mass is 16.5. The molecule has 2 N–H and O–H groups in total. The molecular weight excluding hydrogens is 244 g/mol. The third-order valence-electron chi connectivity index (χ3n) is 3.53. The number of aliphatic hydroxyl groups is 1. The normalized spacial score (nSPS) is 18.7. The van der Waals surface area contributed by atoms with Crippen LogP contribution in [0, 0.1) is 5.92 Å². The van der Waals surface area contributed by atoms with E-state index in [0.717, 1.165) is 6.42 Å². The van der Waals surface area contributed by atoms with Crippen molar-refractivity contribution in [3.63, 3.8) is 0 Å². The second-order valence-corrected chi connectivity index (χ2v) is 6.03. The van der Waals surface area contributed by atoms with Crippen molar-refractivity contribution in [3.05, 3.63) is 0 Å². The molecule has 0 radical (unpaired) electrons. The summed E-state index contributed by atoms with van der Waals surface area (Å²) in [5.41, 5.74) is -0.606. The third-order valence-corrected chi connectivity index (χ3v) is 3.53. The molecule has 0 unspecified atom stereocenters. The van der Waals surface area contributed by atoms with Crippen molar-refractivity contribution < 1.29 is 14.6 Å². The number of ether oxygens (including phenoxy) is 1. The molecule has 0 spiro atoms. The van der Waals surface area contributed by atoms with E-state index in [1.807, 2.05) is 32.6 Å². The van der Waals surface area contributed by atoms with Gasteiger partial charge in [-0.3, -0.25) is 9.69 Å². The van der Waals surface area contributed by atoms with Crippen LogP contribution in [0.25, 0.3) is 0 Å². The molecule has 1 rings (SSSR count). The molecule has 19 heavy (non-hydrogen) atoms. The quantitative estimate of drug-likeness (QED) is 0.636. The smallest absolute Gasteiger partial charge is 0.234 e. The molecule has 1 saturated heterocycles. The fourth-order valence-corrected chi connectivity index (χ4v) is 2.08. The van der Waals surface area contributed by atoms with Gasteiger partial charge in [0.25, 0.3) is 0 Å². The Morgan fingerprint density at radius 3 is 2.53 bits per heavy atom. The van der Waals surface area contributed by atoms with E-state index in [0.29, 0.717) is 32.8 Å². The van der Waals surface area contributed by atoms with Gasteiger partial charge in [-0.1, -0.05) is 13.8 Å². The van der Waals surface area contributed by atoms with Gasteiger partial charge in [0.15, 0.2) is 0 Å². The Morgan fingerprint density at radius 1 is 1.37 bits per heavy atom. The van der Waals surface area contributed by atoms with Crippen LogP contribution < -0.4 is 5.32 Å². The summed E-state index contributed by atoms with van der Waals surface area (Å²) in [6.45, 7) is 10.9. The van der Waals surface area contributed by atoms with E-state index in [9.17, 15) is 9.90 Å². The van der Waals surface area contributed by atoms with E-state index in [-0.39, 0.29) is 17.9 Å². The molecule has 0 aromatic rings. The summed E-state index contributed by atoms with van der Waals surface area (Å²) in [4.78, 5) is 13.6. The van der Waals surface area contributed by atoms with E-state index in [4.69, 9.17) is 4.74 Å². The fourth-order valence-electron chi connectivity index (χ4n) is 2.08. The van der Waals surface area contributed by atoms with Gasteiger partial charge in [0.1, 0.15) is 0 Å². The summed E-state index contributed by atoms with van der Waals surface area (Å²) in [7, 11) is 0. The second kappa shape index (κ2) is 7.22. The van der Waals surface area contributed by atoms with Gasteiger partial charge in [-0.2, -0.15) is 0 Å². The highest BCUT2D eigenvalue weighted by molar-refractivity contribution is 5.78. The standard InChI is InChI=1S/C14H28N2O3/c1-11(2)14(18)9-16(10-14)8-13(17)15-6-5-7-19-12(3)4/h11-12,18H,5-10H2,1-4H3,(H,15,17). The van der Waals surface area contributed by atoms with Crippen molar-refractivity contribution >= 4 is 5.91 Å². The molecule has 0 aromatic heterocycles. The topological polar surface area (TPSA) is 61.8 Å². The van der Waals surface area contributed by atoms with Gasteiger partial charge in [0.2, 0.25) is 5.91 Å². The number of β-amino-alcohol motifs (C(OH)–C–C–N with tert-alkyl or cyclic N) is 1. The highest BCUT2D eigenvalue weighted by Gasteiger charge is 2.43. The number of amides is 1. The first-order chi connectivity index (χ1) is 8.83. The maximum atomic E-state index is 11.6. The molecule has 0 aromatic carbocycles. The minimum absolute atomic E-state index is 0.0235. The minimum atomic E-state index is -0.606. The molecule has 1 heterocycles. The molecule has 112 valence electrons. The molecule has 5 heteroatoms. The molecule has 0 aliphatic carbocycles. The lowest BCUT2D eigenvalue weighted by molar-refractivity contribution is -0.142. The maximum absolute atomic E-state index is 11.6. The molecule has 1 aliphatic heterocycles. The van der Waals surface area contributed by atoms with Gasteiger partial charge in [-0.25, -0.2) is 0 Å². The van der Waals surface area contributed by atoms with Crippen LogP contribution in [0.15, 0.2) is 0 Å². The SMILES string of the molecule is CC(C)OCCCNC(=O)CN1CC(O)(C(C)C)C1. The zero-order valence-electron chi connectivity index (χ0n) is 12.6. The number of carbonyl (C=O) groups is 1. The first kappa shape index (κ1) is 16.4. The Kier molecular flexibility index (Phi) is 6.23. The van der Waals surface area contributed by atoms with E-state index < -0.39 is 5.60 Å². The van der Waals surface area contributed by atoms with Crippen molar-refractivity contribution in [1.29, 1.82) is 0 Å². The molecule has 1 fully saturated rings. The molecule has 1 amide bonds. The van der Waals surface area contributed by atoms with Crippen LogP contribution in [0.3, 0.4) is 0 Å². The summed E-state index contributed by atoms with van der Waals surface area (Å²) in [6.07, 6.45) is 1.07. The number of rotatable bonds is 8. The lowest BCUT2D eigenvalue weighted by atomic mass is 9.83. The number of carbonyl (C=O) groups excluding carboxylic acids is 1. The Morgan fingerprint density at radius 2 is 2.00 bits per heavy atom. The van der Waals surface area contributed by atoms with E-state index in [1.54, 1.807) is 0 Å². The molecule has 5 nitrogen and oxygen atoms in total. The highest BCUT2D eigenvalue weighted by Crippen LogP contribution is 2.27. The summed E-state index contributed by atoms with van der Waals surface area (Å²) in [6, 6.07) is 0. The van der Waals surface area contributed by atoms with Crippen LogP contribution in [0.5, 0.6) is 0 Å². The Hall–Kier alpha value is -0.650. The van der Waals surface area contributed by atoms with Crippen LogP contribution in [0.1, 0.15) is 34.1 Å². The largest absolute Gasteiger partial charge is 0.387 e. The van der Waals surface area contributed by atoms with Gasteiger partial charge in [0.05, 0.1) is 18.2 Å². The zero-order valence-corrected chi connectivity index (χ0v) is 12.6. The van der Waals surface area contributed by atoms with E-state index in [2.05, 4.69) is 5.32 Å². The molecule has 0 bridgehead atoms. The zero-order chi connectivity index (χ0) is 14.5. The van der Waals surface area contributed by atoms with Crippen LogP contribution in [-0.2, 0) is 9.53 Å². The van der Waals surface area contributed by atoms with Crippen LogP contribution in [-0.4, -0.2) is 60.4 Å². The average molecular weight is 272 g/mol. The predicted molar refractivity (Wildman–Crippen MR) is 74.9 cm³/mol. The Bertz CT molecular complexity index is 286. The van der Waals surface area contributed by atoms with Gasteiger partial charge in [-0.05, 0) is 26.2 Å². The van der Waals surface area contributed by atoms with Crippen LogP contribution in [0.2, 0.25) is 0 Å². The summed E-state index contributed by atoms with van der Waals surface area (Å²) >= 11 is 0. The first-order valence-electron chi connectivity index (χ1n) is 7.16. The molecular formula is C14H28N2O3. The predicted octanol–water partition coefficient (Wildman–Crippen LogP) is 0.620. The van der Waals surface area contributed by atoms with Crippen molar-refractivity contribution in [1.82, 2.24) is 10.2 Å². The van der Waals surface area contributed by atoms with Gasteiger partial charge < -0.3 is 15.2 Å². The minimum Gasteiger partial charge on any atom is -0.387 e. The van der Waals surface area contributed by atoms with Crippen molar-refractivity contribution in [2.45, 2.75) is 45.8 Å². The van der Waals surface area contributed by atoms with Crippen molar-refractivity contribution in [2.24, 2.45) is 5.92 Å². The van der Waals surface area contributed by atoms with Crippen LogP contribution in [0.4, 0.5) is 0 Å². The fraction of sp³-hybridized carbons (Fsp3) is 0.929. The number of nitrogens with zero attached hydrogens (tertiary/aromatic N) is 1. The third kappa shape index (κ3) is 5.47. The molecule has 0 saturated carbocycles.